The Bertz CT molecular complexity index is 425. The summed E-state index contributed by atoms with van der Waals surface area (Å²) in [5.74, 6) is 0.285. The molecule has 1 N–H and O–H groups in total. The average molecular weight is 254 g/mol. The molecule has 1 atom stereocenters. The smallest absolute Gasteiger partial charge is 0.404 e. The van der Waals surface area contributed by atoms with Crippen LogP contribution in [0, 0.1) is 0 Å². The summed E-state index contributed by atoms with van der Waals surface area (Å²) in [5.41, 5.74) is 1.05. The highest BCUT2D eigenvalue weighted by molar-refractivity contribution is 7.47. The lowest BCUT2D eigenvalue weighted by molar-refractivity contribution is 0.222. The Kier molecular flexibility index (Phi) is 5.16. The molecule has 0 radical (unpaired) electrons. The molecule has 4 nitrogen and oxygen atoms in total. The van der Waals surface area contributed by atoms with Gasteiger partial charge in [0, 0.05) is 0 Å². The maximum absolute atomic E-state index is 11.4. The van der Waals surface area contributed by atoms with Gasteiger partial charge in [-0.3, -0.25) is 9.42 Å². The molecule has 1 rings (SSSR count). The SMILES string of the molecule is C=CCOP(=O)(O)Oc1ccc(CC=C)cc1. The number of hydrogen-bond acceptors (Lipinski definition) is 3. The van der Waals surface area contributed by atoms with E-state index in [0.717, 1.165) is 12.0 Å². The van der Waals surface area contributed by atoms with Gasteiger partial charge in [-0.2, -0.15) is 0 Å². The number of phosphoric ester groups is 1. The molecule has 17 heavy (non-hydrogen) atoms. The molecule has 0 bridgehead atoms. The van der Waals surface area contributed by atoms with Crippen molar-refractivity contribution < 1.29 is 18.5 Å². The molecule has 0 aliphatic heterocycles. The summed E-state index contributed by atoms with van der Waals surface area (Å²) in [4.78, 5) is 9.32. The van der Waals surface area contributed by atoms with Crippen molar-refractivity contribution in [1.82, 2.24) is 0 Å². The van der Waals surface area contributed by atoms with Gasteiger partial charge < -0.3 is 4.52 Å². The Morgan fingerprint density at radius 1 is 1.24 bits per heavy atom. The van der Waals surface area contributed by atoms with Crippen LogP contribution in [0.15, 0.2) is 49.6 Å². The second-order valence-corrected chi connectivity index (χ2v) is 4.66. The summed E-state index contributed by atoms with van der Waals surface area (Å²) >= 11 is 0. The van der Waals surface area contributed by atoms with E-state index in [0.29, 0.717) is 0 Å². The van der Waals surface area contributed by atoms with Gasteiger partial charge in [0.2, 0.25) is 0 Å². The van der Waals surface area contributed by atoms with Crippen LogP contribution in [-0.4, -0.2) is 11.5 Å². The molecule has 0 aliphatic carbocycles. The van der Waals surface area contributed by atoms with Crippen molar-refractivity contribution in [1.29, 1.82) is 0 Å². The molecule has 0 amide bonds. The minimum Gasteiger partial charge on any atom is -0.404 e. The Labute approximate surface area is 101 Å². The van der Waals surface area contributed by atoms with Crippen LogP contribution in [-0.2, 0) is 15.5 Å². The van der Waals surface area contributed by atoms with Crippen molar-refractivity contribution in [3.8, 4) is 5.75 Å². The Morgan fingerprint density at radius 3 is 2.41 bits per heavy atom. The Hall–Kier alpha value is -1.35. The summed E-state index contributed by atoms with van der Waals surface area (Å²) in [6.07, 6.45) is 3.89. The first kappa shape index (κ1) is 13.7. The van der Waals surface area contributed by atoms with Crippen molar-refractivity contribution in [2.24, 2.45) is 0 Å². The van der Waals surface area contributed by atoms with Crippen molar-refractivity contribution in [3.05, 3.63) is 55.1 Å². The van der Waals surface area contributed by atoms with Gasteiger partial charge in [-0.1, -0.05) is 24.3 Å². The zero-order valence-corrected chi connectivity index (χ0v) is 10.3. The number of allylic oxidation sites excluding steroid dienone is 1. The van der Waals surface area contributed by atoms with E-state index in [9.17, 15) is 9.46 Å². The van der Waals surface area contributed by atoms with E-state index < -0.39 is 7.82 Å². The van der Waals surface area contributed by atoms with Crippen LogP contribution in [0.1, 0.15) is 5.56 Å². The highest BCUT2D eigenvalue weighted by Crippen LogP contribution is 2.43. The highest BCUT2D eigenvalue weighted by atomic mass is 31.2. The maximum Gasteiger partial charge on any atom is 0.527 e. The molecule has 5 heteroatoms. The third-order valence-corrected chi connectivity index (χ3v) is 2.80. The topological polar surface area (TPSA) is 55.8 Å². The van der Waals surface area contributed by atoms with Crippen LogP contribution in [0.3, 0.4) is 0 Å². The molecule has 0 heterocycles. The van der Waals surface area contributed by atoms with Gasteiger partial charge in [0.25, 0.3) is 0 Å². The number of hydrogen-bond donors (Lipinski definition) is 1. The molecule has 0 saturated carbocycles. The summed E-state index contributed by atoms with van der Waals surface area (Å²) in [6.45, 7) is 6.97. The van der Waals surface area contributed by atoms with E-state index in [1.54, 1.807) is 30.3 Å². The van der Waals surface area contributed by atoms with Crippen LogP contribution < -0.4 is 4.52 Å². The lowest BCUT2D eigenvalue weighted by Crippen LogP contribution is -1.97. The van der Waals surface area contributed by atoms with Crippen LogP contribution >= 0.6 is 7.82 Å². The molecule has 1 aromatic carbocycles. The zero-order chi connectivity index (χ0) is 12.7. The summed E-state index contributed by atoms with van der Waals surface area (Å²) in [6, 6.07) is 6.81. The summed E-state index contributed by atoms with van der Waals surface area (Å²) in [5, 5.41) is 0. The first-order valence-corrected chi connectivity index (χ1v) is 6.54. The van der Waals surface area contributed by atoms with Gasteiger partial charge in [-0.05, 0) is 24.1 Å². The van der Waals surface area contributed by atoms with Crippen LogP contribution in [0.4, 0.5) is 0 Å². The van der Waals surface area contributed by atoms with Crippen molar-refractivity contribution in [3.63, 3.8) is 0 Å². The van der Waals surface area contributed by atoms with E-state index in [4.69, 9.17) is 4.52 Å². The Balaban J connectivity index is 2.64. The van der Waals surface area contributed by atoms with Crippen molar-refractivity contribution >= 4 is 7.82 Å². The molecule has 0 fully saturated rings. The molecule has 1 unspecified atom stereocenters. The largest absolute Gasteiger partial charge is 0.527 e. The molecule has 0 aromatic heterocycles. The number of benzene rings is 1. The molecule has 1 aromatic rings. The molecular formula is C12H15O4P. The molecule has 92 valence electrons. The van der Waals surface area contributed by atoms with Gasteiger partial charge >= 0.3 is 7.82 Å². The maximum atomic E-state index is 11.4. The fourth-order valence-electron chi connectivity index (χ4n) is 1.16. The number of phosphoric acid groups is 1. The van der Waals surface area contributed by atoms with Crippen molar-refractivity contribution in [2.45, 2.75) is 6.42 Å². The predicted molar refractivity (Wildman–Crippen MR) is 66.9 cm³/mol. The third kappa shape index (κ3) is 5.00. The average Bonchev–Trinajstić information content (AvgIpc) is 2.29. The second kappa shape index (κ2) is 6.40. The van der Waals surface area contributed by atoms with Crippen LogP contribution in [0.25, 0.3) is 0 Å². The summed E-state index contributed by atoms with van der Waals surface area (Å²) in [7, 11) is -4.05. The number of rotatable bonds is 7. The minimum absolute atomic E-state index is 0.0394. The third-order valence-electron chi connectivity index (χ3n) is 1.88. The highest BCUT2D eigenvalue weighted by Gasteiger charge is 2.21. The lowest BCUT2D eigenvalue weighted by Gasteiger charge is -2.12. The van der Waals surface area contributed by atoms with E-state index in [1.807, 2.05) is 0 Å². The molecular weight excluding hydrogens is 239 g/mol. The normalized spacial score (nSPS) is 13.7. The minimum atomic E-state index is -4.05. The van der Waals surface area contributed by atoms with Crippen molar-refractivity contribution in [2.75, 3.05) is 6.61 Å². The van der Waals surface area contributed by atoms with Gasteiger partial charge in [0.05, 0.1) is 6.61 Å². The van der Waals surface area contributed by atoms with Gasteiger partial charge in [-0.15, -0.1) is 13.2 Å². The quantitative estimate of drug-likeness (QED) is 0.600. The van der Waals surface area contributed by atoms with E-state index in [-0.39, 0.29) is 12.4 Å². The van der Waals surface area contributed by atoms with Gasteiger partial charge in [0.1, 0.15) is 5.75 Å². The zero-order valence-electron chi connectivity index (χ0n) is 9.41. The predicted octanol–water partition coefficient (Wildman–Crippen LogP) is 3.10. The lowest BCUT2D eigenvalue weighted by atomic mass is 10.1. The fourth-order valence-corrected chi connectivity index (χ4v) is 1.89. The van der Waals surface area contributed by atoms with Gasteiger partial charge in [0.15, 0.2) is 0 Å². The first-order valence-electron chi connectivity index (χ1n) is 5.05. The van der Waals surface area contributed by atoms with E-state index >= 15 is 0 Å². The van der Waals surface area contributed by atoms with Gasteiger partial charge in [-0.25, -0.2) is 4.57 Å². The summed E-state index contributed by atoms with van der Waals surface area (Å²) < 4.78 is 20.9. The van der Waals surface area contributed by atoms with Crippen LogP contribution in [0.5, 0.6) is 5.75 Å². The Morgan fingerprint density at radius 2 is 1.88 bits per heavy atom. The first-order chi connectivity index (χ1) is 8.07. The van der Waals surface area contributed by atoms with Crippen LogP contribution in [0.2, 0.25) is 0 Å². The molecule has 0 spiro atoms. The van der Waals surface area contributed by atoms with E-state index in [2.05, 4.69) is 17.7 Å². The fraction of sp³-hybridized carbons (Fsp3) is 0.167. The standard InChI is InChI=1S/C12H15O4P/c1-3-5-11-6-8-12(9-7-11)16-17(13,14)15-10-4-2/h3-4,6-9H,1-2,5,10H2,(H,13,14). The molecule has 0 aliphatic rings. The second-order valence-electron chi connectivity index (χ2n) is 3.28. The molecule has 0 saturated heterocycles. The monoisotopic (exact) mass is 254 g/mol. The van der Waals surface area contributed by atoms with E-state index in [1.165, 1.54) is 6.08 Å².